The van der Waals surface area contributed by atoms with Crippen molar-refractivity contribution in [2.45, 2.75) is 56.9 Å². The molecule has 96 valence electrons. The largest absolute Gasteiger partial charge is 0.349 e. The predicted molar refractivity (Wildman–Crippen MR) is 67.3 cm³/mol. The first-order valence-electron chi connectivity index (χ1n) is 7.28. The monoisotopic (exact) mass is 236 g/mol. The Hall–Kier alpha value is -0.570. The first-order valence-corrected chi connectivity index (χ1v) is 7.28. The average molecular weight is 236 g/mol. The summed E-state index contributed by atoms with van der Waals surface area (Å²) in [4.78, 5) is 12.3. The molecule has 3 saturated carbocycles. The van der Waals surface area contributed by atoms with Gasteiger partial charge in [-0.05, 0) is 37.5 Å². The number of nitrogens with two attached hydrogens (primary N) is 1. The van der Waals surface area contributed by atoms with Gasteiger partial charge in [0.1, 0.15) is 0 Å². The molecule has 0 saturated heterocycles. The summed E-state index contributed by atoms with van der Waals surface area (Å²) in [5.41, 5.74) is 5.84. The molecule has 0 aliphatic heterocycles. The van der Waals surface area contributed by atoms with Crippen LogP contribution in [0.2, 0.25) is 0 Å². The third-order valence-corrected chi connectivity index (χ3v) is 5.30. The van der Waals surface area contributed by atoms with Gasteiger partial charge < -0.3 is 11.1 Å². The Morgan fingerprint density at radius 1 is 1.12 bits per heavy atom. The Morgan fingerprint density at radius 2 is 1.76 bits per heavy atom. The summed E-state index contributed by atoms with van der Waals surface area (Å²) < 4.78 is 0. The zero-order chi connectivity index (χ0) is 11.9. The van der Waals surface area contributed by atoms with Crippen LogP contribution in [-0.4, -0.2) is 18.0 Å². The maximum atomic E-state index is 12.3. The molecule has 17 heavy (non-hydrogen) atoms. The van der Waals surface area contributed by atoms with Crippen LogP contribution in [0.15, 0.2) is 0 Å². The summed E-state index contributed by atoms with van der Waals surface area (Å²) in [5, 5.41) is 3.31. The molecule has 3 fully saturated rings. The van der Waals surface area contributed by atoms with Crippen LogP contribution in [-0.2, 0) is 4.79 Å². The van der Waals surface area contributed by atoms with Crippen LogP contribution in [0.4, 0.5) is 0 Å². The minimum absolute atomic E-state index is 0.0633. The van der Waals surface area contributed by atoms with Gasteiger partial charge >= 0.3 is 0 Å². The Morgan fingerprint density at radius 3 is 2.35 bits per heavy atom. The smallest absolute Gasteiger partial charge is 0.224 e. The molecule has 0 bridgehead atoms. The van der Waals surface area contributed by atoms with E-state index in [1.165, 1.54) is 38.5 Å². The zero-order valence-electron chi connectivity index (χ0n) is 10.6. The standard InChI is InChI=1S/C14H24N2O/c15-9-14(7-2-1-3-8-14)16-13(17)12-10-5-4-6-11(10)12/h10-12H,1-9,15H2,(H,16,17). The van der Waals surface area contributed by atoms with Crippen LogP contribution in [0.3, 0.4) is 0 Å². The molecule has 1 amide bonds. The van der Waals surface area contributed by atoms with E-state index in [9.17, 15) is 4.79 Å². The number of carbonyl (C=O) groups excluding carboxylic acids is 1. The van der Waals surface area contributed by atoms with E-state index in [1.54, 1.807) is 0 Å². The molecule has 3 N–H and O–H groups in total. The summed E-state index contributed by atoms with van der Waals surface area (Å²) in [6, 6.07) is 0. The van der Waals surface area contributed by atoms with Gasteiger partial charge in [0.15, 0.2) is 0 Å². The summed E-state index contributed by atoms with van der Waals surface area (Å²) in [6.45, 7) is 0.612. The minimum Gasteiger partial charge on any atom is -0.349 e. The van der Waals surface area contributed by atoms with Gasteiger partial charge in [-0.15, -0.1) is 0 Å². The Bertz CT molecular complexity index is 299. The van der Waals surface area contributed by atoms with Crippen LogP contribution in [0.25, 0.3) is 0 Å². The van der Waals surface area contributed by atoms with Gasteiger partial charge in [0, 0.05) is 12.5 Å². The lowest BCUT2D eigenvalue weighted by Gasteiger charge is -2.37. The molecule has 0 aromatic rings. The van der Waals surface area contributed by atoms with E-state index >= 15 is 0 Å². The maximum Gasteiger partial charge on any atom is 0.224 e. The molecule has 3 nitrogen and oxygen atoms in total. The Labute approximate surface area is 104 Å². The molecule has 0 radical (unpaired) electrons. The molecule has 2 unspecified atom stereocenters. The second kappa shape index (κ2) is 4.27. The van der Waals surface area contributed by atoms with Crippen LogP contribution in [0.5, 0.6) is 0 Å². The number of amides is 1. The van der Waals surface area contributed by atoms with Crippen molar-refractivity contribution in [2.24, 2.45) is 23.5 Å². The highest BCUT2D eigenvalue weighted by Crippen LogP contribution is 2.57. The van der Waals surface area contributed by atoms with E-state index < -0.39 is 0 Å². The maximum absolute atomic E-state index is 12.3. The predicted octanol–water partition coefficient (Wildman–Crippen LogP) is 1.81. The molecule has 3 heteroatoms. The highest BCUT2D eigenvalue weighted by Gasteiger charge is 2.57. The molecule has 2 atom stereocenters. The summed E-state index contributed by atoms with van der Waals surface area (Å²) in [6.07, 6.45) is 9.78. The highest BCUT2D eigenvalue weighted by atomic mass is 16.2. The van der Waals surface area contributed by atoms with Crippen molar-refractivity contribution in [3.05, 3.63) is 0 Å². The quantitative estimate of drug-likeness (QED) is 0.785. The van der Waals surface area contributed by atoms with Crippen molar-refractivity contribution in [3.8, 4) is 0 Å². The van der Waals surface area contributed by atoms with Crippen molar-refractivity contribution < 1.29 is 4.79 Å². The Kier molecular flexibility index (Phi) is 2.89. The molecule has 3 aliphatic rings. The van der Waals surface area contributed by atoms with Gasteiger partial charge in [0.25, 0.3) is 0 Å². The number of hydrogen-bond donors (Lipinski definition) is 2. The van der Waals surface area contributed by atoms with Gasteiger partial charge in [-0.3, -0.25) is 4.79 Å². The average Bonchev–Trinajstić information content (AvgIpc) is 2.85. The molecule has 0 aromatic carbocycles. The van der Waals surface area contributed by atoms with Crippen LogP contribution >= 0.6 is 0 Å². The van der Waals surface area contributed by atoms with Crippen molar-refractivity contribution in [1.29, 1.82) is 0 Å². The molecule has 0 heterocycles. The first kappa shape index (κ1) is 11.5. The fourth-order valence-electron chi connectivity index (χ4n) is 4.16. The van der Waals surface area contributed by atoms with Crippen LogP contribution < -0.4 is 11.1 Å². The second-order valence-electron chi connectivity index (χ2n) is 6.32. The number of nitrogens with one attached hydrogen (secondary N) is 1. The van der Waals surface area contributed by atoms with E-state index in [2.05, 4.69) is 5.32 Å². The van der Waals surface area contributed by atoms with Crippen molar-refractivity contribution in [1.82, 2.24) is 5.32 Å². The van der Waals surface area contributed by atoms with E-state index in [1.807, 2.05) is 0 Å². The minimum atomic E-state index is -0.0633. The van der Waals surface area contributed by atoms with Crippen molar-refractivity contribution >= 4 is 5.91 Å². The molecule has 0 spiro atoms. The van der Waals surface area contributed by atoms with Crippen LogP contribution in [0, 0.1) is 17.8 Å². The van der Waals surface area contributed by atoms with E-state index in [0.717, 1.165) is 12.8 Å². The first-order chi connectivity index (χ1) is 8.26. The third-order valence-electron chi connectivity index (χ3n) is 5.30. The lowest BCUT2D eigenvalue weighted by Crippen LogP contribution is -2.55. The molecule has 3 rings (SSSR count). The van der Waals surface area contributed by atoms with Gasteiger partial charge in [0.2, 0.25) is 5.91 Å². The summed E-state index contributed by atoms with van der Waals surface area (Å²) in [5.74, 6) is 2.09. The molecular weight excluding hydrogens is 212 g/mol. The van der Waals surface area contributed by atoms with Crippen molar-refractivity contribution in [3.63, 3.8) is 0 Å². The number of fused-ring (bicyclic) bond motifs is 1. The van der Waals surface area contributed by atoms with Gasteiger partial charge in [-0.25, -0.2) is 0 Å². The molecule has 0 aromatic heterocycles. The number of carbonyl (C=O) groups is 1. The highest BCUT2D eigenvalue weighted by molar-refractivity contribution is 5.83. The van der Waals surface area contributed by atoms with Gasteiger partial charge in [-0.2, -0.15) is 0 Å². The third kappa shape index (κ3) is 1.99. The van der Waals surface area contributed by atoms with Crippen molar-refractivity contribution in [2.75, 3.05) is 6.54 Å². The van der Waals surface area contributed by atoms with Gasteiger partial charge in [0.05, 0.1) is 5.54 Å². The van der Waals surface area contributed by atoms with E-state index in [-0.39, 0.29) is 5.54 Å². The lowest BCUT2D eigenvalue weighted by molar-refractivity contribution is -0.125. The number of rotatable bonds is 3. The van der Waals surface area contributed by atoms with E-state index in [0.29, 0.717) is 30.2 Å². The lowest BCUT2D eigenvalue weighted by atomic mass is 9.81. The fraction of sp³-hybridized carbons (Fsp3) is 0.929. The van der Waals surface area contributed by atoms with E-state index in [4.69, 9.17) is 5.73 Å². The molecule has 3 aliphatic carbocycles. The second-order valence-corrected chi connectivity index (χ2v) is 6.32. The molecular formula is C14H24N2O. The zero-order valence-corrected chi connectivity index (χ0v) is 10.6. The normalized spacial score (nSPS) is 38.5. The topological polar surface area (TPSA) is 55.1 Å². The fourth-order valence-corrected chi connectivity index (χ4v) is 4.16. The Balaban J connectivity index is 1.59. The SMILES string of the molecule is NCC1(NC(=O)C2C3CCCC32)CCCCC1. The summed E-state index contributed by atoms with van der Waals surface area (Å²) >= 11 is 0. The number of hydrogen-bond acceptors (Lipinski definition) is 2. The van der Waals surface area contributed by atoms with Crippen LogP contribution in [0.1, 0.15) is 51.4 Å². The summed E-state index contributed by atoms with van der Waals surface area (Å²) in [7, 11) is 0. The van der Waals surface area contributed by atoms with Gasteiger partial charge in [-0.1, -0.05) is 25.7 Å².